The minimum atomic E-state index is -4.20. The monoisotopic (exact) mass is 302 g/mol. The van der Waals surface area contributed by atoms with E-state index in [1.54, 1.807) is 0 Å². The Labute approximate surface area is 103 Å². The van der Waals surface area contributed by atoms with Crippen molar-refractivity contribution < 1.29 is 17.9 Å². The molecule has 0 aromatic heterocycles. The summed E-state index contributed by atoms with van der Waals surface area (Å²) >= 11 is 3.60. The highest BCUT2D eigenvalue weighted by Crippen LogP contribution is 2.35. The zero-order valence-corrected chi connectivity index (χ0v) is 11.0. The number of ether oxygens (including phenoxy) is 1. The standard InChI is InChI=1S/C11H18BrF3O/c1-8-2-3-10(12)9(6-8)4-5-16-7-11(13,14)15/h8-10H,2-7H2,1H3. The summed E-state index contributed by atoms with van der Waals surface area (Å²) in [5.74, 6) is 1.14. The summed E-state index contributed by atoms with van der Waals surface area (Å²) in [4.78, 5) is 0.443. The van der Waals surface area contributed by atoms with Crippen LogP contribution in [0.2, 0.25) is 0 Å². The van der Waals surface area contributed by atoms with Crippen molar-refractivity contribution >= 4 is 15.9 Å². The molecule has 0 saturated heterocycles. The average Bonchev–Trinajstić information content (AvgIpc) is 2.16. The molecule has 1 nitrogen and oxygen atoms in total. The van der Waals surface area contributed by atoms with Gasteiger partial charge in [-0.1, -0.05) is 22.9 Å². The molecule has 0 aliphatic heterocycles. The van der Waals surface area contributed by atoms with Crippen LogP contribution in [-0.2, 0) is 4.74 Å². The molecule has 96 valence electrons. The molecule has 0 amide bonds. The maximum atomic E-state index is 11.8. The van der Waals surface area contributed by atoms with Gasteiger partial charge in [-0.25, -0.2) is 0 Å². The highest BCUT2D eigenvalue weighted by molar-refractivity contribution is 9.09. The van der Waals surface area contributed by atoms with E-state index in [0.29, 0.717) is 16.7 Å². The third-order valence-electron chi connectivity index (χ3n) is 3.05. The largest absolute Gasteiger partial charge is 0.411 e. The molecule has 0 aromatic rings. The van der Waals surface area contributed by atoms with Crippen molar-refractivity contribution in [3.8, 4) is 0 Å². The Morgan fingerprint density at radius 2 is 2.00 bits per heavy atom. The van der Waals surface area contributed by atoms with Gasteiger partial charge in [-0.2, -0.15) is 13.2 Å². The third kappa shape index (κ3) is 5.53. The second-order valence-corrected chi connectivity index (χ2v) is 5.83. The lowest BCUT2D eigenvalue weighted by Gasteiger charge is -2.31. The zero-order chi connectivity index (χ0) is 12.2. The topological polar surface area (TPSA) is 9.23 Å². The van der Waals surface area contributed by atoms with Crippen molar-refractivity contribution in [1.82, 2.24) is 0 Å². The molecule has 16 heavy (non-hydrogen) atoms. The van der Waals surface area contributed by atoms with Gasteiger partial charge < -0.3 is 4.74 Å². The Kier molecular flexibility index (Phi) is 5.57. The summed E-state index contributed by atoms with van der Waals surface area (Å²) < 4.78 is 40.1. The van der Waals surface area contributed by atoms with Gasteiger partial charge in [0.15, 0.2) is 0 Å². The predicted octanol–water partition coefficient (Wildman–Crippen LogP) is 4.16. The van der Waals surface area contributed by atoms with Gasteiger partial charge in [0.25, 0.3) is 0 Å². The molecule has 3 unspecified atom stereocenters. The molecule has 0 spiro atoms. The van der Waals surface area contributed by atoms with E-state index in [-0.39, 0.29) is 6.61 Å². The van der Waals surface area contributed by atoms with Gasteiger partial charge in [-0.15, -0.1) is 0 Å². The van der Waals surface area contributed by atoms with Gasteiger partial charge >= 0.3 is 6.18 Å². The summed E-state index contributed by atoms with van der Waals surface area (Å²) in [6.45, 7) is 1.28. The molecule has 1 aliphatic rings. The van der Waals surface area contributed by atoms with Crippen LogP contribution in [0.1, 0.15) is 32.6 Å². The van der Waals surface area contributed by atoms with E-state index in [4.69, 9.17) is 0 Å². The SMILES string of the molecule is CC1CCC(Br)C(CCOCC(F)(F)F)C1. The Bertz CT molecular complexity index is 208. The first kappa shape index (κ1) is 14.3. The minimum absolute atomic E-state index is 0.207. The quantitative estimate of drug-likeness (QED) is 0.560. The lowest BCUT2D eigenvalue weighted by atomic mass is 9.81. The Morgan fingerprint density at radius 1 is 1.31 bits per heavy atom. The Hall–Kier alpha value is 0.230. The number of hydrogen-bond donors (Lipinski definition) is 0. The first-order valence-corrected chi connectivity index (χ1v) is 6.58. The number of rotatable bonds is 4. The third-order valence-corrected chi connectivity index (χ3v) is 4.26. The van der Waals surface area contributed by atoms with Gasteiger partial charge in [0.1, 0.15) is 6.61 Å². The van der Waals surface area contributed by atoms with E-state index < -0.39 is 12.8 Å². The Morgan fingerprint density at radius 3 is 2.62 bits per heavy atom. The molecule has 1 saturated carbocycles. The molecule has 0 bridgehead atoms. The average molecular weight is 303 g/mol. The van der Waals surface area contributed by atoms with Gasteiger partial charge in [-0.3, -0.25) is 0 Å². The molecule has 1 aliphatic carbocycles. The van der Waals surface area contributed by atoms with Crippen molar-refractivity contribution in [3.05, 3.63) is 0 Å². The van der Waals surface area contributed by atoms with Gasteiger partial charge in [0, 0.05) is 11.4 Å². The Balaban J connectivity index is 2.16. The van der Waals surface area contributed by atoms with Crippen molar-refractivity contribution in [3.63, 3.8) is 0 Å². The van der Waals surface area contributed by atoms with Crippen LogP contribution in [0.25, 0.3) is 0 Å². The van der Waals surface area contributed by atoms with Crippen LogP contribution in [0.4, 0.5) is 13.2 Å². The molecular formula is C11H18BrF3O. The molecule has 1 fully saturated rings. The van der Waals surface area contributed by atoms with Gasteiger partial charge in [-0.05, 0) is 37.5 Å². The summed E-state index contributed by atoms with van der Waals surface area (Å²) in [5.41, 5.74) is 0. The summed E-state index contributed by atoms with van der Waals surface area (Å²) in [6.07, 6.45) is -0.0732. The maximum absolute atomic E-state index is 11.8. The minimum Gasteiger partial charge on any atom is -0.372 e. The molecule has 3 atom stereocenters. The van der Waals surface area contributed by atoms with E-state index >= 15 is 0 Å². The fourth-order valence-electron chi connectivity index (χ4n) is 2.18. The smallest absolute Gasteiger partial charge is 0.372 e. The van der Waals surface area contributed by atoms with Crippen LogP contribution in [0.3, 0.4) is 0 Å². The van der Waals surface area contributed by atoms with Crippen molar-refractivity contribution in [2.45, 2.75) is 43.6 Å². The second-order valence-electron chi connectivity index (χ2n) is 4.65. The normalized spacial score (nSPS) is 31.7. The van der Waals surface area contributed by atoms with E-state index in [1.165, 1.54) is 6.42 Å². The molecule has 0 N–H and O–H groups in total. The van der Waals surface area contributed by atoms with Crippen LogP contribution in [-0.4, -0.2) is 24.2 Å². The summed E-state index contributed by atoms with van der Waals surface area (Å²) in [5, 5.41) is 0. The summed E-state index contributed by atoms with van der Waals surface area (Å²) in [7, 11) is 0. The number of alkyl halides is 4. The van der Waals surface area contributed by atoms with E-state index in [2.05, 4.69) is 27.6 Å². The first-order chi connectivity index (χ1) is 7.38. The molecule has 0 radical (unpaired) electrons. The molecular weight excluding hydrogens is 285 g/mol. The lowest BCUT2D eigenvalue weighted by Crippen LogP contribution is -2.26. The number of hydrogen-bond acceptors (Lipinski definition) is 1. The van der Waals surface area contributed by atoms with Crippen LogP contribution < -0.4 is 0 Å². The lowest BCUT2D eigenvalue weighted by molar-refractivity contribution is -0.174. The van der Waals surface area contributed by atoms with Crippen LogP contribution >= 0.6 is 15.9 Å². The van der Waals surface area contributed by atoms with Crippen molar-refractivity contribution in [2.24, 2.45) is 11.8 Å². The van der Waals surface area contributed by atoms with E-state index in [9.17, 15) is 13.2 Å². The number of halogens is 4. The fraction of sp³-hybridized carbons (Fsp3) is 1.00. The predicted molar refractivity (Wildman–Crippen MR) is 60.7 cm³/mol. The molecule has 1 rings (SSSR count). The highest BCUT2D eigenvalue weighted by Gasteiger charge is 2.29. The fourth-order valence-corrected chi connectivity index (χ4v) is 2.93. The zero-order valence-electron chi connectivity index (χ0n) is 9.39. The maximum Gasteiger partial charge on any atom is 0.411 e. The highest BCUT2D eigenvalue weighted by atomic mass is 79.9. The van der Waals surface area contributed by atoms with Crippen LogP contribution in [0, 0.1) is 11.8 Å². The first-order valence-electron chi connectivity index (χ1n) is 5.67. The molecule has 0 heterocycles. The van der Waals surface area contributed by atoms with Gasteiger partial charge in [0.2, 0.25) is 0 Å². The second kappa shape index (κ2) is 6.24. The van der Waals surface area contributed by atoms with Gasteiger partial charge in [0.05, 0.1) is 0 Å². The van der Waals surface area contributed by atoms with Crippen molar-refractivity contribution in [1.29, 1.82) is 0 Å². The molecule has 0 aromatic carbocycles. The van der Waals surface area contributed by atoms with E-state index in [0.717, 1.165) is 19.3 Å². The van der Waals surface area contributed by atoms with Crippen molar-refractivity contribution in [2.75, 3.05) is 13.2 Å². The van der Waals surface area contributed by atoms with E-state index in [1.807, 2.05) is 0 Å². The van der Waals surface area contributed by atoms with Crippen LogP contribution in [0.15, 0.2) is 0 Å². The molecule has 5 heteroatoms. The van der Waals surface area contributed by atoms with Crippen LogP contribution in [0.5, 0.6) is 0 Å². The summed E-state index contributed by atoms with van der Waals surface area (Å²) in [6, 6.07) is 0.